The first-order chi connectivity index (χ1) is 19.4. The van der Waals surface area contributed by atoms with Gasteiger partial charge in [0.25, 0.3) is 0 Å². The number of piperidine rings is 1. The fraction of sp³-hybridized carbons (Fsp3) is 0.469. The maximum atomic E-state index is 13.7. The molecule has 7 nitrogen and oxygen atoms in total. The Morgan fingerprint density at radius 1 is 1.00 bits per heavy atom. The summed E-state index contributed by atoms with van der Waals surface area (Å²) in [5.41, 5.74) is 1.23. The van der Waals surface area contributed by atoms with Gasteiger partial charge in [-0.2, -0.15) is 0 Å². The summed E-state index contributed by atoms with van der Waals surface area (Å²) < 4.78 is 5.59. The molecule has 2 saturated heterocycles. The highest BCUT2D eigenvalue weighted by molar-refractivity contribution is 6.31. The minimum atomic E-state index is -0.682. The van der Waals surface area contributed by atoms with Gasteiger partial charge in [0.1, 0.15) is 6.04 Å². The van der Waals surface area contributed by atoms with Crippen LogP contribution < -0.4 is 10.6 Å². The highest BCUT2D eigenvalue weighted by Crippen LogP contribution is 2.36. The largest absolute Gasteiger partial charge is 0.381 e. The van der Waals surface area contributed by atoms with Crippen molar-refractivity contribution < 1.29 is 19.1 Å². The number of allylic oxidation sites excluding steroid dienone is 2. The zero-order chi connectivity index (χ0) is 28.0. The lowest BCUT2D eigenvalue weighted by Crippen LogP contribution is -2.58. The molecule has 2 aromatic rings. The highest BCUT2D eigenvalue weighted by atomic mass is 35.5. The van der Waals surface area contributed by atoms with Crippen molar-refractivity contribution in [2.24, 2.45) is 11.3 Å². The van der Waals surface area contributed by atoms with Crippen LogP contribution in [0.3, 0.4) is 0 Å². The van der Waals surface area contributed by atoms with Gasteiger partial charge in [0.2, 0.25) is 17.7 Å². The molecule has 3 amide bonds. The van der Waals surface area contributed by atoms with Crippen LogP contribution in [0.15, 0.2) is 66.7 Å². The van der Waals surface area contributed by atoms with E-state index in [9.17, 15) is 14.4 Å². The van der Waals surface area contributed by atoms with Gasteiger partial charge in [0.05, 0.1) is 11.8 Å². The number of hydrogen-bond donors (Lipinski definition) is 2. The summed E-state index contributed by atoms with van der Waals surface area (Å²) in [6, 6.07) is 16.5. The van der Waals surface area contributed by atoms with Gasteiger partial charge >= 0.3 is 0 Å². The number of carbonyl (C=O) groups excluding carboxylic acids is 3. The molecule has 0 bridgehead atoms. The average Bonchev–Trinajstić information content (AvgIpc) is 2.97. The molecule has 0 aromatic heterocycles. The lowest BCUT2D eigenvalue weighted by atomic mass is 9.75. The van der Waals surface area contributed by atoms with Crippen LogP contribution >= 0.6 is 11.6 Å². The quantitative estimate of drug-likeness (QED) is 0.549. The van der Waals surface area contributed by atoms with Crippen LogP contribution in [-0.4, -0.2) is 61.0 Å². The number of nitrogens with one attached hydrogen (secondary N) is 2. The van der Waals surface area contributed by atoms with E-state index >= 15 is 0 Å². The fourth-order valence-corrected chi connectivity index (χ4v) is 6.33. The van der Waals surface area contributed by atoms with E-state index in [4.69, 9.17) is 16.3 Å². The summed E-state index contributed by atoms with van der Waals surface area (Å²) in [6.45, 7) is 2.19. The predicted octanol–water partition coefficient (Wildman–Crippen LogP) is 4.09. The van der Waals surface area contributed by atoms with Gasteiger partial charge in [-0.3, -0.25) is 14.4 Å². The highest BCUT2D eigenvalue weighted by Gasteiger charge is 2.41. The first-order valence-electron chi connectivity index (χ1n) is 14.3. The van der Waals surface area contributed by atoms with E-state index in [2.05, 4.69) is 22.8 Å². The number of benzene rings is 2. The van der Waals surface area contributed by atoms with Crippen LogP contribution in [-0.2, 0) is 32.0 Å². The van der Waals surface area contributed by atoms with Crippen LogP contribution in [0.2, 0.25) is 5.02 Å². The minimum Gasteiger partial charge on any atom is -0.381 e. The van der Waals surface area contributed by atoms with E-state index in [1.54, 1.807) is 6.07 Å². The number of carbonyl (C=O) groups is 3. The second-order valence-corrected chi connectivity index (χ2v) is 11.7. The first-order valence-corrected chi connectivity index (χ1v) is 14.7. The number of rotatable bonds is 4. The van der Waals surface area contributed by atoms with Crippen molar-refractivity contribution in [3.05, 3.63) is 82.9 Å². The summed E-state index contributed by atoms with van der Waals surface area (Å²) in [7, 11) is 0. The molecule has 3 aliphatic heterocycles. The Labute approximate surface area is 241 Å². The Bertz CT molecular complexity index is 1230. The van der Waals surface area contributed by atoms with Crippen molar-refractivity contribution in [2.75, 3.05) is 26.3 Å². The zero-order valence-electron chi connectivity index (χ0n) is 22.8. The Balaban J connectivity index is 1.36. The van der Waals surface area contributed by atoms with Crippen molar-refractivity contribution in [3.8, 4) is 0 Å². The maximum Gasteiger partial charge on any atom is 0.243 e. The van der Waals surface area contributed by atoms with Gasteiger partial charge in [0, 0.05) is 49.7 Å². The van der Waals surface area contributed by atoms with E-state index in [-0.39, 0.29) is 36.1 Å². The van der Waals surface area contributed by atoms with Crippen LogP contribution in [0.5, 0.6) is 0 Å². The van der Waals surface area contributed by atoms with Crippen LogP contribution in [0.1, 0.15) is 43.2 Å². The summed E-state index contributed by atoms with van der Waals surface area (Å²) >= 11 is 6.31. The third-order valence-corrected chi connectivity index (χ3v) is 9.03. The molecule has 212 valence electrons. The smallest absolute Gasteiger partial charge is 0.243 e. The third kappa shape index (κ3) is 6.76. The fourth-order valence-electron chi connectivity index (χ4n) is 6.12. The van der Waals surface area contributed by atoms with Gasteiger partial charge in [-0.25, -0.2) is 0 Å². The number of amides is 3. The van der Waals surface area contributed by atoms with Gasteiger partial charge in [-0.1, -0.05) is 72.3 Å². The first kappa shape index (κ1) is 28.4. The number of fused-ring (bicyclic) bond motifs is 1. The monoisotopic (exact) mass is 563 g/mol. The molecular weight excluding hydrogens is 526 g/mol. The molecule has 5 rings (SSSR count). The van der Waals surface area contributed by atoms with Crippen LogP contribution in [0, 0.1) is 11.3 Å². The summed E-state index contributed by atoms with van der Waals surface area (Å²) in [6.07, 6.45) is 8.15. The third-order valence-electron chi connectivity index (χ3n) is 8.66. The molecule has 2 N–H and O–H groups in total. The SMILES string of the molecule is O=C1N[C@H]2CCN(C(=O)Cc3ccccc3Cl)C[C@H]2C/C=C/CC2(CCOCC2)C(=O)N[C@@H]1Cc1ccccc1. The van der Waals surface area contributed by atoms with Crippen LogP contribution in [0.25, 0.3) is 0 Å². The van der Waals surface area contributed by atoms with Crippen molar-refractivity contribution in [3.63, 3.8) is 0 Å². The Kier molecular flexibility index (Phi) is 9.22. The van der Waals surface area contributed by atoms with E-state index in [1.165, 1.54) is 0 Å². The van der Waals surface area contributed by atoms with Crippen molar-refractivity contribution >= 4 is 29.3 Å². The van der Waals surface area contributed by atoms with E-state index in [0.717, 1.165) is 17.5 Å². The molecule has 0 aliphatic carbocycles. The summed E-state index contributed by atoms with van der Waals surface area (Å²) in [5, 5.41) is 6.99. The molecule has 0 radical (unpaired) electrons. The number of likely N-dealkylation sites (tertiary alicyclic amines) is 1. The van der Waals surface area contributed by atoms with Crippen molar-refractivity contribution in [1.82, 2.24) is 15.5 Å². The van der Waals surface area contributed by atoms with Crippen LogP contribution in [0.4, 0.5) is 0 Å². The maximum absolute atomic E-state index is 13.7. The summed E-state index contributed by atoms with van der Waals surface area (Å²) in [4.78, 5) is 42.6. The number of ether oxygens (including phenoxy) is 1. The van der Waals surface area contributed by atoms with Gasteiger partial charge in [-0.15, -0.1) is 0 Å². The van der Waals surface area contributed by atoms with E-state index < -0.39 is 11.5 Å². The Morgan fingerprint density at radius 2 is 1.75 bits per heavy atom. The molecule has 3 heterocycles. The van der Waals surface area contributed by atoms with Gasteiger partial charge in [-0.05, 0) is 49.3 Å². The normalized spacial score (nSPS) is 26.0. The second-order valence-electron chi connectivity index (χ2n) is 11.3. The van der Waals surface area contributed by atoms with Crippen molar-refractivity contribution in [2.45, 2.75) is 57.0 Å². The summed E-state index contributed by atoms with van der Waals surface area (Å²) in [5.74, 6) is -0.130. The zero-order valence-corrected chi connectivity index (χ0v) is 23.6. The van der Waals surface area contributed by atoms with Crippen molar-refractivity contribution in [1.29, 1.82) is 0 Å². The lowest BCUT2D eigenvalue weighted by molar-refractivity contribution is -0.140. The molecule has 40 heavy (non-hydrogen) atoms. The number of nitrogens with zero attached hydrogens (tertiary/aromatic N) is 1. The molecule has 2 aromatic carbocycles. The van der Waals surface area contributed by atoms with E-state index in [0.29, 0.717) is 63.4 Å². The Hall–Kier alpha value is -3.16. The van der Waals surface area contributed by atoms with Gasteiger partial charge < -0.3 is 20.3 Å². The predicted molar refractivity (Wildman–Crippen MR) is 155 cm³/mol. The molecule has 1 spiro atoms. The second kappa shape index (κ2) is 13.0. The number of hydrogen-bond acceptors (Lipinski definition) is 4. The molecule has 2 fully saturated rings. The standard InChI is InChI=1S/C32H38ClN3O4/c33-26-12-5-4-10-24(26)21-29(37)36-17-13-27-25(22-36)11-6-7-14-32(15-18-40-19-16-32)31(39)35-28(30(38)34-27)20-23-8-2-1-3-9-23/h1-10,12,25,27-28H,11,13-22H2,(H,34,38)(H,35,39)/b7-6+/t25-,27+,28-/m1/s1. The van der Waals surface area contributed by atoms with Gasteiger partial charge in [0.15, 0.2) is 0 Å². The van der Waals surface area contributed by atoms with E-state index in [1.807, 2.05) is 53.4 Å². The Morgan fingerprint density at radius 3 is 2.52 bits per heavy atom. The molecular formula is C32H38ClN3O4. The molecule has 3 aliphatic rings. The lowest BCUT2D eigenvalue weighted by Gasteiger charge is -2.40. The number of halogens is 1. The minimum absolute atomic E-state index is 0.0448. The molecule has 0 saturated carbocycles. The topological polar surface area (TPSA) is 87.7 Å². The molecule has 8 heteroatoms. The molecule has 3 atom stereocenters. The molecule has 0 unspecified atom stereocenters. The average molecular weight is 564 g/mol.